The van der Waals surface area contributed by atoms with Gasteiger partial charge in [-0.05, 0) is 25.5 Å². The number of ether oxygens (including phenoxy) is 1. The van der Waals surface area contributed by atoms with Crippen molar-refractivity contribution >= 4 is 11.4 Å². The van der Waals surface area contributed by atoms with Crippen LogP contribution < -0.4 is 15.8 Å². The van der Waals surface area contributed by atoms with Crippen molar-refractivity contribution in [1.82, 2.24) is 0 Å². The van der Waals surface area contributed by atoms with Crippen LogP contribution in [0.15, 0.2) is 18.2 Å². The molecule has 0 aliphatic rings. The van der Waals surface area contributed by atoms with Crippen molar-refractivity contribution < 1.29 is 9.66 Å². The average Bonchev–Trinajstić information content (AvgIpc) is 2.34. The minimum Gasteiger partial charge on any atom is -0.495 e. The van der Waals surface area contributed by atoms with Crippen LogP contribution >= 0.6 is 0 Å². The third kappa shape index (κ3) is 3.92. The van der Waals surface area contributed by atoms with E-state index in [9.17, 15) is 10.1 Å². The maximum Gasteiger partial charge on any atom is 0.271 e. The molecular weight excluding hydrogens is 222 g/mol. The van der Waals surface area contributed by atoms with Crippen LogP contribution in [-0.2, 0) is 0 Å². The molecule has 0 radical (unpaired) electrons. The highest BCUT2D eigenvalue weighted by Gasteiger charge is 2.10. The number of nitrogens with one attached hydrogen (secondary N) is 1. The van der Waals surface area contributed by atoms with Crippen molar-refractivity contribution in [2.75, 3.05) is 25.5 Å². The lowest BCUT2D eigenvalue weighted by molar-refractivity contribution is -0.384. The third-order valence-electron chi connectivity index (χ3n) is 2.34. The van der Waals surface area contributed by atoms with E-state index in [0.717, 1.165) is 12.8 Å². The van der Waals surface area contributed by atoms with Gasteiger partial charge < -0.3 is 15.8 Å². The lowest BCUT2D eigenvalue weighted by Gasteiger charge is -2.10. The maximum absolute atomic E-state index is 10.6. The van der Waals surface area contributed by atoms with Crippen molar-refractivity contribution in [2.45, 2.75) is 12.8 Å². The smallest absolute Gasteiger partial charge is 0.271 e. The van der Waals surface area contributed by atoms with Gasteiger partial charge in [-0.25, -0.2) is 0 Å². The molecule has 0 fully saturated rings. The second-order valence-electron chi connectivity index (χ2n) is 3.56. The van der Waals surface area contributed by atoms with Crippen LogP contribution in [-0.4, -0.2) is 25.1 Å². The first kappa shape index (κ1) is 13.2. The van der Waals surface area contributed by atoms with Gasteiger partial charge in [0, 0.05) is 18.7 Å². The molecule has 0 atom stereocenters. The summed E-state index contributed by atoms with van der Waals surface area (Å²) in [7, 11) is 1.53. The van der Waals surface area contributed by atoms with Gasteiger partial charge in [0.1, 0.15) is 5.75 Å². The molecule has 0 heterocycles. The molecule has 0 aromatic heterocycles. The number of anilines is 1. The highest BCUT2D eigenvalue weighted by Crippen LogP contribution is 2.28. The number of non-ortho nitro benzene ring substituents is 1. The molecule has 6 heteroatoms. The molecule has 3 N–H and O–H groups in total. The Balaban J connectivity index is 2.72. The summed E-state index contributed by atoms with van der Waals surface area (Å²) < 4.78 is 5.13. The van der Waals surface area contributed by atoms with E-state index < -0.39 is 4.92 Å². The molecule has 0 aliphatic carbocycles. The van der Waals surface area contributed by atoms with Gasteiger partial charge in [-0.2, -0.15) is 0 Å². The molecule has 0 amide bonds. The van der Waals surface area contributed by atoms with E-state index in [0.29, 0.717) is 24.5 Å². The predicted molar refractivity (Wildman–Crippen MR) is 66.4 cm³/mol. The van der Waals surface area contributed by atoms with Crippen LogP contribution in [0.4, 0.5) is 11.4 Å². The van der Waals surface area contributed by atoms with Gasteiger partial charge in [-0.15, -0.1) is 0 Å². The number of nitro groups is 1. The van der Waals surface area contributed by atoms with Crippen molar-refractivity contribution in [1.29, 1.82) is 0 Å². The normalized spacial score (nSPS) is 10.0. The molecule has 0 aliphatic heterocycles. The molecule has 1 aromatic carbocycles. The fourth-order valence-corrected chi connectivity index (χ4v) is 1.44. The highest BCUT2D eigenvalue weighted by atomic mass is 16.6. The summed E-state index contributed by atoms with van der Waals surface area (Å²) in [5, 5.41) is 13.8. The third-order valence-corrected chi connectivity index (χ3v) is 2.34. The number of methoxy groups -OCH3 is 1. The number of benzene rings is 1. The van der Waals surface area contributed by atoms with Crippen LogP contribution in [0.5, 0.6) is 5.75 Å². The first-order chi connectivity index (χ1) is 8.19. The number of hydrogen-bond donors (Lipinski definition) is 2. The lowest BCUT2D eigenvalue weighted by Crippen LogP contribution is -2.06. The van der Waals surface area contributed by atoms with E-state index in [2.05, 4.69) is 5.32 Å². The van der Waals surface area contributed by atoms with Gasteiger partial charge in [0.25, 0.3) is 5.69 Å². The topological polar surface area (TPSA) is 90.4 Å². The molecule has 0 bridgehead atoms. The summed E-state index contributed by atoms with van der Waals surface area (Å²) in [5.74, 6) is 0.600. The van der Waals surface area contributed by atoms with Gasteiger partial charge in [0.2, 0.25) is 0 Å². The van der Waals surface area contributed by atoms with Crippen LogP contribution in [0.25, 0.3) is 0 Å². The SMILES string of the molecule is COc1ccc([N+](=O)[O-])cc1NCCCCN. The zero-order valence-electron chi connectivity index (χ0n) is 9.81. The molecule has 1 rings (SSSR count). The van der Waals surface area contributed by atoms with Crippen LogP contribution in [0, 0.1) is 10.1 Å². The summed E-state index contributed by atoms with van der Waals surface area (Å²) in [6.45, 7) is 1.36. The number of nitrogens with two attached hydrogens (primary N) is 1. The summed E-state index contributed by atoms with van der Waals surface area (Å²) in [4.78, 5) is 10.2. The number of nitrogens with zero attached hydrogens (tertiary/aromatic N) is 1. The van der Waals surface area contributed by atoms with E-state index in [1.807, 2.05) is 0 Å². The Hall–Kier alpha value is -1.82. The van der Waals surface area contributed by atoms with Crippen LogP contribution in [0.3, 0.4) is 0 Å². The monoisotopic (exact) mass is 239 g/mol. The summed E-state index contributed by atoms with van der Waals surface area (Å²) in [6, 6.07) is 4.48. The Labute approximate surface area is 99.9 Å². The molecule has 0 saturated carbocycles. The number of nitro benzene ring substituents is 1. The number of rotatable bonds is 7. The van der Waals surface area contributed by atoms with Crippen molar-refractivity contribution in [3.8, 4) is 5.75 Å². The van der Waals surface area contributed by atoms with E-state index >= 15 is 0 Å². The molecule has 0 unspecified atom stereocenters. The molecule has 1 aromatic rings. The Bertz CT molecular complexity index is 382. The quantitative estimate of drug-likeness (QED) is 0.430. The van der Waals surface area contributed by atoms with E-state index in [4.69, 9.17) is 10.5 Å². The number of unbranched alkanes of at least 4 members (excludes halogenated alkanes) is 1. The van der Waals surface area contributed by atoms with Gasteiger partial charge in [0.15, 0.2) is 0 Å². The Morgan fingerprint density at radius 3 is 2.82 bits per heavy atom. The fourth-order valence-electron chi connectivity index (χ4n) is 1.44. The first-order valence-electron chi connectivity index (χ1n) is 5.45. The molecule has 6 nitrogen and oxygen atoms in total. The Kier molecular flexibility index (Phi) is 5.22. The average molecular weight is 239 g/mol. The van der Waals surface area contributed by atoms with Crippen LogP contribution in [0.2, 0.25) is 0 Å². The molecular formula is C11H17N3O3. The van der Waals surface area contributed by atoms with Crippen molar-refractivity contribution in [3.63, 3.8) is 0 Å². The minimum atomic E-state index is -0.426. The second-order valence-corrected chi connectivity index (χ2v) is 3.56. The van der Waals surface area contributed by atoms with Crippen LogP contribution in [0.1, 0.15) is 12.8 Å². The lowest BCUT2D eigenvalue weighted by atomic mass is 10.2. The summed E-state index contributed by atoms with van der Waals surface area (Å²) in [6.07, 6.45) is 1.84. The standard InChI is InChI=1S/C11H17N3O3/c1-17-11-5-4-9(14(15)16)8-10(11)13-7-3-2-6-12/h4-5,8,13H,2-3,6-7,12H2,1H3. The largest absolute Gasteiger partial charge is 0.495 e. The molecule has 0 saturated heterocycles. The zero-order chi connectivity index (χ0) is 12.7. The van der Waals surface area contributed by atoms with E-state index in [1.165, 1.54) is 19.2 Å². The van der Waals surface area contributed by atoms with Gasteiger partial charge in [0.05, 0.1) is 17.7 Å². The predicted octanol–water partition coefficient (Wildman–Crippen LogP) is 1.75. The maximum atomic E-state index is 10.6. The second kappa shape index (κ2) is 6.70. The molecule has 17 heavy (non-hydrogen) atoms. The Morgan fingerprint density at radius 2 is 2.24 bits per heavy atom. The Morgan fingerprint density at radius 1 is 1.47 bits per heavy atom. The van der Waals surface area contributed by atoms with E-state index in [1.54, 1.807) is 6.07 Å². The van der Waals surface area contributed by atoms with E-state index in [-0.39, 0.29) is 5.69 Å². The zero-order valence-corrected chi connectivity index (χ0v) is 9.81. The van der Waals surface area contributed by atoms with Gasteiger partial charge in [-0.3, -0.25) is 10.1 Å². The summed E-state index contributed by atoms with van der Waals surface area (Å²) >= 11 is 0. The van der Waals surface area contributed by atoms with Gasteiger partial charge >= 0.3 is 0 Å². The molecule has 0 spiro atoms. The van der Waals surface area contributed by atoms with Crippen molar-refractivity contribution in [3.05, 3.63) is 28.3 Å². The minimum absolute atomic E-state index is 0.0483. The van der Waals surface area contributed by atoms with Gasteiger partial charge in [-0.1, -0.05) is 0 Å². The molecule has 94 valence electrons. The number of hydrogen-bond acceptors (Lipinski definition) is 5. The first-order valence-corrected chi connectivity index (χ1v) is 5.45. The fraction of sp³-hybridized carbons (Fsp3) is 0.455. The van der Waals surface area contributed by atoms with Crippen molar-refractivity contribution in [2.24, 2.45) is 5.73 Å². The summed E-state index contributed by atoms with van der Waals surface area (Å²) in [5.41, 5.74) is 6.07. The highest BCUT2D eigenvalue weighted by molar-refractivity contribution is 5.61.